The summed E-state index contributed by atoms with van der Waals surface area (Å²) >= 11 is 0. The van der Waals surface area contributed by atoms with E-state index in [4.69, 9.17) is 9.26 Å². The fraction of sp³-hybridized carbons (Fsp3) is 0.375. The van der Waals surface area contributed by atoms with Gasteiger partial charge in [0.25, 0.3) is 10.0 Å². The Labute approximate surface area is 140 Å². The third kappa shape index (κ3) is 3.01. The highest BCUT2D eigenvalue weighted by molar-refractivity contribution is 7.90. The number of aromatic nitrogens is 1. The predicted molar refractivity (Wildman–Crippen MR) is 85.1 cm³/mol. The zero-order valence-corrected chi connectivity index (χ0v) is 14.4. The van der Waals surface area contributed by atoms with Crippen molar-refractivity contribution in [2.75, 3.05) is 7.11 Å². The summed E-state index contributed by atoms with van der Waals surface area (Å²) in [5.74, 6) is -0.00927. The molecule has 1 fully saturated rings. The van der Waals surface area contributed by atoms with E-state index < -0.39 is 15.9 Å². The van der Waals surface area contributed by atoms with Gasteiger partial charge in [-0.3, -0.25) is 4.79 Å². The van der Waals surface area contributed by atoms with Gasteiger partial charge < -0.3 is 9.26 Å². The first-order valence-electron chi connectivity index (χ1n) is 7.47. The molecular weight excluding hydrogens is 332 g/mol. The Balaban J connectivity index is 1.73. The summed E-state index contributed by atoms with van der Waals surface area (Å²) in [6, 6.07) is 7.44. The van der Waals surface area contributed by atoms with Gasteiger partial charge in [0.05, 0.1) is 7.11 Å². The highest BCUT2D eigenvalue weighted by atomic mass is 32.2. The van der Waals surface area contributed by atoms with Crippen LogP contribution < -0.4 is 9.46 Å². The number of ether oxygens (including phenoxy) is 1. The van der Waals surface area contributed by atoms with Gasteiger partial charge in [0.15, 0.2) is 10.7 Å². The topological polar surface area (TPSA) is 98.5 Å². The molecule has 0 unspecified atom stereocenters. The summed E-state index contributed by atoms with van der Waals surface area (Å²) in [6.07, 6.45) is 0.607. The molecular formula is C16H18N2O5S. The van der Waals surface area contributed by atoms with Crippen LogP contribution in [0.2, 0.25) is 0 Å². The Bertz CT molecular complexity index is 868. The maximum Gasteiger partial charge on any atom is 0.269 e. The van der Waals surface area contributed by atoms with Crippen molar-refractivity contribution in [1.29, 1.82) is 0 Å². The van der Waals surface area contributed by atoms with E-state index in [0.29, 0.717) is 12.2 Å². The Hall–Kier alpha value is -2.35. The lowest BCUT2D eigenvalue weighted by Gasteiger charge is -2.07. The molecule has 128 valence electrons. The maximum atomic E-state index is 12.4. The molecule has 1 aliphatic carbocycles. The minimum atomic E-state index is -3.98. The fourth-order valence-electron chi connectivity index (χ4n) is 2.84. The van der Waals surface area contributed by atoms with Crippen molar-refractivity contribution in [3.63, 3.8) is 0 Å². The van der Waals surface area contributed by atoms with Crippen molar-refractivity contribution >= 4 is 15.9 Å². The van der Waals surface area contributed by atoms with Crippen LogP contribution in [0.25, 0.3) is 0 Å². The van der Waals surface area contributed by atoms with Crippen LogP contribution in [0.3, 0.4) is 0 Å². The van der Waals surface area contributed by atoms with Crippen LogP contribution in [0.4, 0.5) is 0 Å². The van der Waals surface area contributed by atoms with Gasteiger partial charge in [-0.1, -0.05) is 17.3 Å². The van der Waals surface area contributed by atoms with E-state index in [1.54, 1.807) is 7.11 Å². The smallest absolute Gasteiger partial charge is 0.269 e. The molecule has 1 saturated carbocycles. The number of nitrogens with one attached hydrogen (secondary N) is 1. The molecule has 2 atom stereocenters. The average molecular weight is 350 g/mol. The molecule has 1 heterocycles. The minimum Gasteiger partial charge on any atom is -0.497 e. The summed E-state index contributed by atoms with van der Waals surface area (Å²) in [5, 5.41) is 3.61. The Morgan fingerprint density at radius 3 is 2.75 bits per heavy atom. The van der Waals surface area contributed by atoms with Crippen LogP contribution in [0.15, 0.2) is 33.7 Å². The van der Waals surface area contributed by atoms with Gasteiger partial charge in [-0.05, 0) is 43.9 Å². The predicted octanol–water partition coefficient (Wildman–Crippen LogP) is 1.91. The van der Waals surface area contributed by atoms with E-state index in [-0.39, 0.29) is 28.2 Å². The van der Waals surface area contributed by atoms with Crippen LogP contribution in [0, 0.1) is 19.8 Å². The molecule has 3 rings (SSSR count). The van der Waals surface area contributed by atoms with Crippen molar-refractivity contribution in [3.8, 4) is 5.75 Å². The second-order valence-electron chi connectivity index (χ2n) is 5.85. The Kier molecular flexibility index (Phi) is 4.08. The highest BCUT2D eigenvalue weighted by Crippen LogP contribution is 2.48. The van der Waals surface area contributed by atoms with E-state index in [9.17, 15) is 13.2 Å². The molecule has 1 aromatic heterocycles. The first kappa shape index (κ1) is 16.5. The number of methoxy groups -OCH3 is 1. The molecule has 0 spiro atoms. The third-order valence-corrected chi connectivity index (χ3v) is 5.71. The molecule has 24 heavy (non-hydrogen) atoms. The van der Waals surface area contributed by atoms with Crippen LogP contribution >= 0.6 is 0 Å². The van der Waals surface area contributed by atoms with Crippen LogP contribution in [-0.2, 0) is 14.8 Å². The number of carbonyl (C=O) groups excluding carboxylic acids is 1. The van der Waals surface area contributed by atoms with E-state index in [2.05, 4.69) is 9.88 Å². The monoisotopic (exact) mass is 350 g/mol. The second kappa shape index (κ2) is 5.94. The van der Waals surface area contributed by atoms with Crippen LogP contribution in [-0.4, -0.2) is 26.6 Å². The number of benzene rings is 1. The first-order chi connectivity index (χ1) is 11.3. The lowest BCUT2D eigenvalue weighted by atomic mass is 10.1. The lowest BCUT2D eigenvalue weighted by molar-refractivity contribution is -0.120. The third-order valence-electron chi connectivity index (χ3n) is 4.12. The zero-order chi connectivity index (χ0) is 17.5. The number of hydrogen-bond acceptors (Lipinski definition) is 6. The van der Waals surface area contributed by atoms with Gasteiger partial charge in [-0.2, -0.15) is 0 Å². The first-order valence-corrected chi connectivity index (χ1v) is 8.95. The molecule has 1 amide bonds. The normalized spacial score (nSPS) is 19.8. The number of nitrogens with zero attached hydrogens (tertiary/aromatic N) is 1. The minimum absolute atomic E-state index is 0.0000291. The van der Waals surface area contributed by atoms with Gasteiger partial charge in [0.2, 0.25) is 5.91 Å². The molecule has 7 nitrogen and oxygen atoms in total. The SMILES string of the molecule is COc1cccc([C@@H]2C[C@H]2C(=O)NS(=O)(=O)c2c(C)noc2C)c1. The number of hydrogen-bond donors (Lipinski definition) is 1. The molecule has 0 aliphatic heterocycles. The van der Waals surface area contributed by atoms with Crippen molar-refractivity contribution in [3.05, 3.63) is 41.3 Å². The van der Waals surface area contributed by atoms with E-state index >= 15 is 0 Å². The molecule has 0 radical (unpaired) electrons. The number of aryl methyl sites for hydroxylation is 2. The average Bonchev–Trinajstić information content (AvgIpc) is 3.26. The van der Waals surface area contributed by atoms with Crippen molar-refractivity contribution in [2.45, 2.75) is 31.1 Å². The van der Waals surface area contributed by atoms with Crippen molar-refractivity contribution in [1.82, 2.24) is 9.88 Å². The second-order valence-corrected chi connectivity index (χ2v) is 7.47. The number of rotatable bonds is 5. The summed E-state index contributed by atoms with van der Waals surface area (Å²) < 4.78 is 36.9. The quantitative estimate of drug-likeness (QED) is 0.884. The largest absolute Gasteiger partial charge is 0.497 e. The summed E-state index contributed by atoms with van der Waals surface area (Å²) in [6.45, 7) is 3.01. The number of sulfonamides is 1. The molecule has 1 N–H and O–H groups in total. The van der Waals surface area contributed by atoms with Crippen LogP contribution in [0.5, 0.6) is 5.75 Å². The van der Waals surface area contributed by atoms with Gasteiger partial charge in [-0.15, -0.1) is 0 Å². The molecule has 0 saturated heterocycles. The maximum absolute atomic E-state index is 12.4. The van der Waals surface area contributed by atoms with Crippen molar-refractivity contribution in [2.24, 2.45) is 5.92 Å². The zero-order valence-electron chi connectivity index (χ0n) is 13.6. The Morgan fingerprint density at radius 1 is 1.38 bits per heavy atom. The molecule has 1 aromatic carbocycles. The lowest BCUT2D eigenvalue weighted by Crippen LogP contribution is -2.32. The number of amides is 1. The van der Waals surface area contributed by atoms with Gasteiger partial charge >= 0.3 is 0 Å². The molecule has 1 aliphatic rings. The Morgan fingerprint density at radius 2 is 2.12 bits per heavy atom. The van der Waals surface area contributed by atoms with E-state index in [1.165, 1.54) is 13.8 Å². The number of carbonyl (C=O) groups is 1. The van der Waals surface area contributed by atoms with E-state index in [0.717, 1.165) is 5.56 Å². The van der Waals surface area contributed by atoms with Gasteiger partial charge in [0.1, 0.15) is 11.4 Å². The highest BCUT2D eigenvalue weighted by Gasteiger charge is 2.45. The fourth-order valence-corrected chi connectivity index (χ4v) is 4.20. The van der Waals surface area contributed by atoms with Crippen LogP contribution in [0.1, 0.15) is 29.4 Å². The van der Waals surface area contributed by atoms with Gasteiger partial charge in [0, 0.05) is 5.92 Å². The summed E-state index contributed by atoms with van der Waals surface area (Å²) in [4.78, 5) is 12.2. The standard InChI is InChI=1S/C16H18N2O5S/c1-9-15(10(2)23-17-9)24(20,21)18-16(19)14-8-13(14)11-5-4-6-12(7-11)22-3/h4-7,13-14H,8H2,1-3H3,(H,18,19)/t13-,14+/m0/s1. The molecule has 0 bridgehead atoms. The summed E-state index contributed by atoms with van der Waals surface area (Å²) in [5.41, 5.74) is 1.19. The molecule has 2 aromatic rings. The van der Waals surface area contributed by atoms with E-state index in [1.807, 2.05) is 24.3 Å². The van der Waals surface area contributed by atoms with Gasteiger partial charge in [-0.25, -0.2) is 13.1 Å². The molecule has 8 heteroatoms. The van der Waals surface area contributed by atoms with Crippen molar-refractivity contribution < 1.29 is 22.5 Å². The summed E-state index contributed by atoms with van der Waals surface area (Å²) in [7, 11) is -2.41.